The fourth-order valence-corrected chi connectivity index (χ4v) is 2.37. The van der Waals surface area contributed by atoms with Gasteiger partial charge in [-0.3, -0.25) is 9.89 Å². The van der Waals surface area contributed by atoms with Gasteiger partial charge in [-0.05, 0) is 17.5 Å². The summed E-state index contributed by atoms with van der Waals surface area (Å²) < 4.78 is 0. The van der Waals surface area contributed by atoms with Gasteiger partial charge in [0.1, 0.15) is 0 Å². The third kappa shape index (κ3) is 2.79. The second kappa shape index (κ2) is 5.79. The van der Waals surface area contributed by atoms with E-state index in [4.69, 9.17) is 0 Å². The molecule has 0 fully saturated rings. The lowest BCUT2D eigenvalue weighted by atomic mass is 10.0. The highest BCUT2D eigenvalue weighted by Crippen LogP contribution is 2.16. The predicted octanol–water partition coefficient (Wildman–Crippen LogP) is 3.10. The lowest BCUT2D eigenvalue weighted by molar-refractivity contribution is 0.0948. The Labute approximate surface area is 123 Å². The molecule has 0 bridgehead atoms. The van der Waals surface area contributed by atoms with Gasteiger partial charge in [0.05, 0.1) is 5.52 Å². The molecule has 0 spiro atoms. The zero-order valence-electron chi connectivity index (χ0n) is 11.8. The van der Waals surface area contributed by atoms with Crippen LogP contribution in [0.4, 0.5) is 0 Å². The molecule has 0 aliphatic rings. The zero-order chi connectivity index (χ0) is 14.7. The molecular weight excluding hydrogens is 262 g/mol. The van der Waals surface area contributed by atoms with E-state index < -0.39 is 0 Å². The number of rotatable bonds is 4. The minimum absolute atomic E-state index is 0.143. The first-order valence-electron chi connectivity index (χ1n) is 7.02. The van der Waals surface area contributed by atoms with Gasteiger partial charge in [-0.25, -0.2) is 0 Å². The average molecular weight is 279 g/mol. The molecule has 1 heterocycles. The van der Waals surface area contributed by atoms with E-state index in [0.29, 0.717) is 12.2 Å². The molecule has 0 saturated carbocycles. The molecule has 2 aromatic carbocycles. The Morgan fingerprint density at radius 3 is 2.67 bits per heavy atom. The standard InChI is InChI=1S/C17H17N3O/c1-12(13-7-3-2-4-8-13)11-18-17(21)16-14-9-5-6-10-15(14)19-20-16/h2-10,12H,11H2,1H3,(H,18,21)(H,19,20)/t12-/m0/s1. The maximum absolute atomic E-state index is 12.3. The van der Waals surface area contributed by atoms with Crippen LogP contribution in [0, 0.1) is 0 Å². The van der Waals surface area contributed by atoms with E-state index in [1.54, 1.807) is 0 Å². The maximum Gasteiger partial charge on any atom is 0.272 e. The number of nitrogens with zero attached hydrogens (tertiary/aromatic N) is 1. The van der Waals surface area contributed by atoms with Crippen molar-refractivity contribution in [1.29, 1.82) is 0 Å². The maximum atomic E-state index is 12.3. The quantitative estimate of drug-likeness (QED) is 0.771. The van der Waals surface area contributed by atoms with Crippen molar-refractivity contribution in [2.24, 2.45) is 0 Å². The van der Waals surface area contributed by atoms with Crippen molar-refractivity contribution >= 4 is 16.8 Å². The van der Waals surface area contributed by atoms with Gasteiger partial charge in [0, 0.05) is 11.9 Å². The van der Waals surface area contributed by atoms with Gasteiger partial charge in [-0.15, -0.1) is 0 Å². The first-order valence-corrected chi connectivity index (χ1v) is 7.02. The van der Waals surface area contributed by atoms with E-state index in [-0.39, 0.29) is 11.8 Å². The number of hydrogen-bond donors (Lipinski definition) is 2. The minimum Gasteiger partial charge on any atom is -0.350 e. The van der Waals surface area contributed by atoms with Crippen LogP contribution < -0.4 is 5.32 Å². The van der Waals surface area contributed by atoms with Crippen LogP contribution in [0.1, 0.15) is 28.9 Å². The second-order valence-corrected chi connectivity index (χ2v) is 5.14. The summed E-state index contributed by atoms with van der Waals surface area (Å²) in [5.41, 5.74) is 2.54. The summed E-state index contributed by atoms with van der Waals surface area (Å²) in [4.78, 5) is 12.3. The van der Waals surface area contributed by atoms with Crippen LogP contribution in [-0.4, -0.2) is 22.6 Å². The number of fused-ring (bicyclic) bond motifs is 1. The number of benzene rings is 2. The number of H-pyrrole nitrogens is 1. The molecule has 0 aliphatic heterocycles. The second-order valence-electron chi connectivity index (χ2n) is 5.14. The first-order chi connectivity index (χ1) is 10.3. The van der Waals surface area contributed by atoms with Crippen molar-refractivity contribution in [2.45, 2.75) is 12.8 Å². The Kier molecular flexibility index (Phi) is 3.69. The van der Waals surface area contributed by atoms with E-state index >= 15 is 0 Å². The molecule has 0 unspecified atom stereocenters. The predicted molar refractivity (Wildman–Crippen MR) is 83.3 cm³/mol. The molecule has 0 aliphatic carbocycles. The summed E-state index contributed by atoms with van der Waals surface area (Å²) in [6.07, 6.45) is 0. The average Bonchev–Trinajstić information content (AvgIpc) is 2.97. The van der Waals surface area contributed by atoms with Gasteiger partial charge >= 0.3 is 0 Å². The Morgan fingerprint density at radius 1 is 1.14 bits per heavy atom. The van der Waals surface area contributed by atoms with Crippen LogP contribution in [0.3, 0.4) is 0 Å². The highest BCUT2D eigenvalue weighted by atomic mass is 16.1. The van der Waals surface area contributed by atoms with Crippen molar-refractivity contribution in [1.82, 2.24) is 15.5 Å². The minimum atomic E-state index is -0.143. The van der Waals surface area contributed by atoms with Gasteiger partial charge in [0.2, 0.25) is 0 Å². The lowest BCUT2D eigenvalue weighted by Gasteiger charge is -2.12. The van der Waals surface area contributed by atoms with Crippen molar-refractivity contribution in [3.63, 3.8) is 0 Å². The number of amides is 1. The van der Waals surface area contributed by atoms with Crippen molar-refractivity contribution in [2.75, 3.05) is 6.54 Å². The Morgan fingerprint density at radius 2 is 1.86 bits per heavy atom. The highest BCUT2D eigenvalue weighted by molar-refractivity contribution is 6.04. The van der Waals surface area contributed by atoms with Crippen LogP contribution in [0.5, 0.6) is 0 Å². The molecule has 3 aromatic rings. The van der Waals surface area contributed by atoms with Crippen molar-refractivity contribution < 1.29 is 4.79 Å². The van der Waals surface area contributed by atoms with Crippen LogP contribution >= 0.6 is 0 Å². The number of para-hydroxylation sites is 1. The summed E-state index contributed by atoms with van der Waals surface area (Å²) in [5.74, 6) is 0.121. The molecule has 3 rings (SSSR count). The largest absolute Gasteiger partial charge is 0.350 e. The van der Waals surface area contributed by atoms with E-state index in [1.807, 2.05) is 42.5 Å². The number of carbonyl (C=O) groups is 1. The Bertz CT molecular complexity index is 749. The summed E-state index contributed by atoms with van der Waals surface area (Å²) >= 11 is 0. The monoisotopic (exact) mass is 279 g/mol. The van der Waals surface area contributed by atoms with E-state index in [9.17, 15) is 4.79 Å². The van der Waals surface area contributed by atoms with Gasteiger partial charge in [0.25, 0.3) is 5.91 Å². The highest BCUT2D eigenvalue weighted by Gasteiger charge is 2.14. The fraction of sp³-hybridized carbons (Fsp3) is 0.176. The van der Waals surface area contributed by atoms with Crippen LogP contribution in [0.15, 0.2) is 54.6 Å². The van der Waals surface area contributed by atoms with Crippen LogP contribution in [0.2, 0.25) is 0 Å². The molecule has 4 nitrogen and oxygen atoms in total. The van der Waals surface area contributed by atoms with Crippen LogP contribution in [-0.2, 0) is 0 Å². The molecule has 1 atom stereocenters. The van der Waals surface area contributed by atoms with Gasteiger partial charge in [-0.2, -0.15) is 5.10 Å². The van der Waals surface area contributed by atoms with E-state index in [2.05, 4.69) is 34.6 Å². The molecule has 2 N–H and O–H groups in total. The van der Waals surface area contributed by atoms with Gasteiger partial charge in [-0.1, -0.05) is 55.5 Å². The Balaban J connectivity index is 1.70. The molecular formula is C17H17N3O. The SMILES string of the molecule is C[C@@H](CNC(=O)c1n[nH]c2ccccc12)c1ccccc1. The molecule has 4 heteroatoms. The van der Waals surface area contributed by atoms with E-state index in [0.717, 1.165) is 10.9 Å². The van der Waals surface area contributed by atoms with Crippen LogP contribution in [0.25, 0.3) is 10.9 Å². The van der Waals surface area contributed by atoms with Crippen molar-refractivity contribution in [3.8, 4) is 0 Å². The van der Waals surface area contributed by atoms with E-state index in [1.165, 1.54) is 5.56 Å². The summed E-state index contributed by atoms with van der Waals surface area (Å²) in [7, 11) is 0. The number of hydrogen-bond acceptors (Lipinski definition) is 2. The number of nitrogens with one attached hydrogen (secondary N) is 2. The molecule has 1 amide bonds. The topological polar surface area (TPSA) is 57.8 Å². The smallest absolute Gasteiger partial charge is 0.272 e. The molecule has 0 radical (unpaired) electrons. The van der Waals surface area contributed by atoms with Crippen molar-refractivity contribution in [3.05, 3.63) is 65.9 Å². The Hall–Kier alpha value is -2.62. The third-order valence-electron chi connectivity index (χ3n) is 3.62. The molecule has 1 aromatic heterocycles. The molecule has 21 heavy (non-hydrogen) atoms. The van der Waals surface area contributed by atoms with Gasteiger partial charge < -0.3 is 5.32 Å². The van der Waals surface area contributed by atoms with Gasteiger partial charge in [0.15, 0.2) is 5.69 Å². The zero-order valence-corrected chi connectivity index (χ0v) is 11.8. The third-order valence-corrected chi connectivity index (χ3v) is 3.62. The lowest BCUT2D eigenvalue weighted by Crippen LogP contribution is -2.28. The first kappa shape index (κ1) is 13.4. The number of aromatic amines is 1. The molecule has 0 saturated heterocycles. The number of aromatic nitrogens is 2. The summed E-state index contributed by atoms with van der Waals surface area (Å²) in [6, 6.07) is 17.8. The fourth-order valence-electron chi connectivity index (χ4n) is 2.37. The molecule has 106 valence electrons. The number of carbonyl (C=O) groups excluding carboxylic acids is 1. The normalized spacial score (nSPS) is 12.2. The summed E-state index contributed by atoms with van der Waals surface area (Å²) in [5, 5.41) is 10.8. The summed E-state index contributed by atoms with van der Waals surface area (Å²) in [6.45, 7) is 2.68.